The van der Waals surface area contributed by atoms with Crippen LogP contribution in [-0.2, 0) is 14.1 Å². The molecule has 0 aliphatic rings. The second kappa shape index (κ2) is 9.08. The van der Waals surface area contributed by atoms with Crippen molar-refractivity contribution in [1.29, 1.82) is 0 Å². The molecule has 0 aromatic heterocycles. The van der Waals surface area contributed by atoms with Gasteiger partial charge in [0, 0.05) is 5.02 Å². The Labute approximate surface area is 158 Å². The van der Waals surface area contributed by atoms with Crippen LogP contribution in [0.15, 0.2) is 54.6 Å². The minimum absolute atomic E-state index is 0.244. The lowest BCUT2D eigenvalue weighted by Crippen LogP contribution is -2.36. The Kier molecular flexibility index (Phi) is 7.09. The highest BCUT2D eigenvalue weighted by Gasteiger charge is 2.34. The molecule has 2 atom stereocenters. The van der Waals surface area contributed by atoms with Crippen LogP contribution in [0, 0.1) is 0 Å². The van der Waals surface area contributed by atoms with Crippen molar-refractivity contribution in [3.8, 4) is 11.5 Å². The van der Waals surface area contributed by atoms with Crippen molar-refractivity contribution < 1.29 is 23.1 Å². The van der Waals surface area contributed by atoms with E-state index in [1.54, 1.807) is 62.4 Å². The number of ether oxygens (including phenoxy) is 1. The molecule has 0 unspecified atom stereocenters. The molecule has 2 aromatic carbocycles. The summed E-state index contributed by atoms with van der Waals surface area (Å²) in [4.78, 5) is 12.1. The maximum absolute atomic E-state index is 13.3. The molecule has 0 heterocycles. The largest absolute Gasteiger partial charge is 0.513 e. The summed E-state index contributed by atoms with van der Waals surface area (Å²) < 4.78 is 29.5. The Morgan fingerprint density at radius 2 is 1.62 bits per heavy atom. The van der Waals surface area contributed by atoms with Crippen molar-refractivity contribution in [3.05, 3.63) is 59.6 Å². The van der Waals surface area contributed by atoms with Gasteiger partial charge >= 0.3 is 13.7 Å². The van der Waals surface area contributed by atoms with Crippen LogP contribution in [0.1, 0.15) is 20.8 Å². The van der Waals surface area contributed by atoms with E-state index in [1.165, 1.54) is 13.0 Å². The zero-order chi connectivity index (χ0) is 19.2. The van der Waals surface area contributed by atoms with Crippen molar-refractivity contribution >= 4 is 25.3 Å². The van der Waals surface area contributed by atoms with E-state index in [0.717, 1.165) is 0 Å². The summed E-state index contributed by atoms with van der Waals surface area (Å²) in [7, 11) is -3.95. The lowest BCUT2D eigenvalue weighted by Gasteiger charge is -2.23. The van der Waals surface area contributed by atoms with Crippen LogP contribution in [-0.4, -0.2) is 18.1 Å². The fourth-order valence-electron chi connectivity index (χ4n) is 1.98. The summed E-state index contributed by atoms with van der Waals surface area (Å²) in [5.74, 6) is 0.00932. The molecule has 140 valence electrons. The molecule has 0 saturated heterocycles. The summed E-state index contributed by atoms with van der Waals surface area (Å²) in [5.41, 5.74) is 0. The maximum Gasteiger partial charge on any atom is 0.513 e. The number of halogens is 1. The third-order valence-corrected chi connectivity index (χ3v) is 4.89. The fourth-order valence-corrected chi connectivity index (χ4v) is 3.67. The van der Waals surface area contributed by atoms with E-state index >= 15 is 0 Å². The van der Waals surface area contributed by atoms with E-state index in [1.807, 2.05) is 0 Å². The molecule has 0 aliphatic heterocycles. The van der Waals surface area contributed by atoms with E-state index in [2.05, 4.69) is 5.09 Å². The molecule has 0 saturated carbocycles. The van der Waals surface area contributed by atoms with Gasteiger partial charge in [0.05, 0.1) is 6.10 Å². The molecular formula is C18H21ClNO5P. The number of nitrogens with one attached hydrogen (secondary N) is 1. The Morgan fingerprint density at radius 1 is 1.00 bits per heavy atom. The standard InChI is InChI=1S/C18H21ClNO5P/c1-13(2)23-18(21)14(3)20-26(22,24-16-9-5-4-6-10-16)25-17-11-7-8-15(19)12-17/h4-14H,1-3H3,(H,20,22)/t14-,26+/m1/s1. The van der Waals surface area contributed by atoms with Gasteiger partial charge in [-0.05, 0) is 51.1 Å². The number of carbonyl (C=O) groups excluding carboxylic acids is 1. The lowest BCUT2D eigenvalue weighted by molar-refractivity contribution is -0.149. The Balaban J connectivity index is 2.22. The van der Waals surface area contributed by atoms with Gasteiger partial charge in [0.1, 0.15) is 17.5 Å². The average molecular weight is 398 g/mol. The first-order valence-electron chi connectivity index (χ1n) is 8.05. The summed E-state index contributed by atoms with van der Waals surface area (Å²) in [5, 5.41) is 3.03. The van der Waals surface area contributed by atoms with Crippen LogP contribution in [0.25, 0.3) is 0 Å². The predicted molar refractivity (Wildman–Crippen MR) is 101 cm³/mol. The molecule has 2 aromatic rings. The normalized spacial score (nSPS) is 14.3. The smallest absolute Gasteiger partial charge is 0.462 e. The highest BCUT2D eigenvalue weighted by Crippen LogP contribution is 2.45. The topological polar surface area (TPSA) is 73.9 Å². The van der Waals surface area contributed by atoms with Gasteiger partial charge in [0.15, 0.2) is 0 Å². The highest BCUT2D eigenvalue weighted by molar-refractivity contribution is 7.52. The number of rotatable bonds is 8. The van der Waals surface area contributed by atoms with Crippen LogP contribution < -0.4 is 14.1 Å². The fraction of sp³-hybridized carbons (Fsp3) is 0.278. The van der Waals surface area contributed by atoms with E-state index in [9.17, 15) is 9.36 Å². The van der Waals surface area contributed by atoms with Gasteiger partial charge in [-0.1, -0.05) is 35.9 Å². The van der Waals surface area contributed by atoms with Crippen LogP contribution >= 0.6 is 19.3 Å². The van der Waals surface area contributed by atoms with Crippen LogP contribution in [0.2, 0.25) is 5.02 Å². The Morgan fingerprint density at radius 3 is 2.23 bits per heavy atom. The molecule has 0 bridgehead atoms. The predicted octanol–water partition coefficient (Wildman–Crippen LogP) is 4.84. The molecule has 1 N–H and O–H groups in total. The van der Waals surface area contributed by atoms with Gasteiger partial charge in [-0.25, -0.2) is 4.57 Å². The van der Waals surface area contributed by atoms with E-state index in [0.29, 0.717) is 10.8 Å². The minimum Gasteiger partial charge on any atom is -0.462 e. The summed E-state index contributed by atoms with van der Waals surface area (Å²) in [6, 6.07) is 14.0. The zero-order valence-corrected chi connectivity index (χ0v) is 16.4. The van der Waals surface area contributed by atoms with Gasteiger partial charge in [-0.3, -0.25) is 4.79 Å². The van der Waals surface area contributed by atoms with Crippen LogP contribution in [0.5, 0.6) is 11.5 Å². The second-order valence-electron chi connectivity index (χ2n) is 5.79. The number of esters is 1. The second-order valence-corrected chi connectivity index (χ2v) is 7.84. The molecular weight excluding hydrogens is 377 g/mol. The van der Waals surface area contributed by atoms with E-state index < -0.39 is 19.8 Å². The van der Waals surface area contributed by atoms with Crippen LogP contribution in [0.4, 0.5) is 0 Å². The van der Waals surface area contributed by atoms with Crippen molar-refractivity contribution in [2.45, 2.75) is 32.9 Å². The minimum atomic E-state index is -3.95. The molecule has 8 heteroatoms. The Bertz CT molecular complexity index is 784. The summed E-state index contributed by atoms with van der Waals surface area (Å²) in [6.45, 7) is 4.98. The summed E-state index contributed by atoms with van der Waals surface area (Å²) >= 11 is 5.94. The number of benzene rings is 2. The van der Waals surface area contributed by atoms with Crippen molar-refractivity contribution in [3.63, 3.8) is 0 Å². The molecule has 6 nitrogen and oxygen atoms in total. The first-order chi connectivity index (χ1) is 12.3. The average Bonchev–Trinajstić information content (AvgIpc) is 2.54. The molecule has 0 fully saturated rings. The molecule has 26 heavy (non-hydrogen) atoms. The molecule has 0 aliphatic carbocycles. The maximum atomic E-state index is 13.3. The number of hydrogen-bond acceptors (Lipinski definition) is 5. The summed E-state index contributed by atoms with van der Waals surface area (Å²) in [6.07, 6.45) is -0.296. The van der Waals surface area contributed by atoms with Crippen LogP contribution in [0.3, 0.4) is 0 Å². The highest BCUT2D eigenvalue weighted by atomic mass is 35.5. The third-order valence-electron chi connectivity index (χ3n) is 3.05. The Hall–Kier alpha value is -2.01. The van der Waals surface area contributed by atoms with Gasteiger partial charge in [0.25, 0.3) is 0 Å². The molecule has 2 rings (SSSR count). The monoisotopic (exact) mass is 397 g/mol. The third kappa shape index (κ3) is 6.37. The van der Waals surface area contributed by atoms with Gasteiger partial charge in [0.2, 0.25) is 0 Å². The van der Waals surface area contributed by atoms with Gasteiger partial charge in [-0.2, -0.15) is 5.09 Å². The van der Waals surface area contributed by atoms with E-state index in [4.69, 9.17) is 25.4 Å². The lowest BCUT2D eigenvalue weighted by atomic mass is 10.3. The van der Waals surface area contributed by atoms with Crippen molar-refractivity contribution in [2.24, 2.45) is 0 Å². The van der Waals surface area contributed by atoms with E-state index in [-0.39, 0.29) is 11.9 Å². The SMILES string of the molecule is CC(C)OC(=O)[C@@H](C)N[P@](=O)(Oc1ccccc1)Oc1cccc(Cl)c1. The molecule has 0 amide bonds. The first kappa shape index (κ1) is 20.3. The first-order valence-corrected chi connectivity index (χ1v) is 9.97. The number of carbonyl (C=O) groups is 1. The van der Waals surface area contributed by atoms with Gasteiger partial charge < -0.3 is 13.8 Å². The van der Waals surface area contributed by atoms with Crippen molar-refractivity contribution in [1.82, 2.24) is 5.09 Å². The quantitative estimate of drug-likeness (QED) is 0.507. The molecule has 0 spiro atoms. The number of para-hydroxylation sites is 1. The van der Waals surface area contributed by atoms with Crippen molar-refractivity contribution in [2.75, 3.05) is 0 Å². The number of hydrogen-bond donors (Lipinski definition) is 1. The van der Waals surface area contributed by atoms with Gasteiger partial charge in [-0.15, -0.1) is 0 Å². The molecule has 0 radical (unpaired) electrons. The zero-order valence-electron chi connectivity index (χ0n) is 14.7.